The Morgan fingerprint density at radius 2 is 2.06 bits per heavy atom. The van der Waals surface area contributed by atoms with E-state index in [1.165, 1.54) is 7.11 Å². The van der Waals surface area contributed by atoms with Crippen LogP contribution in [0.1, 0.15) is 21.5 Å². The number of methoxy groups -OCH3 is 1. The van der Waals surface area contributed by atoms with Gasteiger partial charge in [0.25, 0.3) is 0 Å². The number of rotatable bonds is 1. The van der Waals surface area contributed by atoms with Crippen LogP contribution in [0, 0.1) is 18.3 Å². The number of aryl methyl sites for hydroxylation is 1. The summed E-state index contributed by atoms with van der Waals surface area (Å²) in [7, 11) is 1.34. The molecule has 2 rings (SSSR count). The lowest BCUT2D eigenvalue weighted by Gasteiger charge is -2.08. The van der Waals surface area contributed by atoms with Gasteiger partial charge in [0, 0.05) is 5.39 Å². The van der Waals surface area contributed by atoms with Crippen LogP contribution in [-0.4, -0.2) is 13.1 Å². The van der Waals surface area contributed by atoms with Crippen LogP contribution in [0.3, 0.4) is 0 Å². The highest BCUT2D eigenvalue weighted by Crippen LogP contribution is 2.26. The van der Waals surface area contributed by atoms with Crippen LogP contribution in [0.5, 0.6) is 0 Å². The molecule has 2 aromatic rings. The zero-order chi connectivity index (χ0) is 12.4. The van der Waals surface area contributed by atoms with E-state index >= 15 is 0 Å². The van der Waals surface area contributed by atoms with Gasteiger partial charge in [-0.05, 0) is 30.0 Å². The van der Waals surface area contributed by atoms with E-state index in [-0.39, 0.29) is 0 Å². The van der Waals surface area contributed by atoms with Crippen molar-refractivity contribution >= 4 is 16.7 Å². The first-order valence-corrected chi connectivity index (χ1v) is 5.19. The lowest BCUT2D eigenvalue weighted by Crippen LogP contribution is -2.03. The van der Waals surface area contributed by atoms with Crippen LogP contribution in [-0.2, 0) is 4.74 Å². The Labute approximate surface area is 99.2 Å². The van der Waals surface area contributed by atoms with E-state index in [4.69, 9.17) is 10.00 Å². The van der Waals surface area contributed by atoms with Crippen molar-refractivity contribution in [3.05, 3.63) is 47.0 Å². The molecule has 3 nitrogen and oxygen atoms in total. The van der Waals surface area contributed by atoms with E-state index in [1.54, 1.807) is 18.2 Å². The molecule has 0 aliphatic carbocycles. The zero-order valence-electron chi connectivity index (χ0n) is 9.65. The van der Waals surface area contributed by atoms with Gasteiger partial charge in [-0.15, -0.1) is 0 Å². The average Bonchev–Trinajstić information content (AvgIpc) is 2.38. The van der Waals surface area contributed by atoms with Crippen molar-refractivity contribution in [3.63, 3.8) is 0 Å². The van der Waals surface area contributed by atoms with Gasteiger partial charge < -0.3 is 4.74 Å². The molecule has 0 aliphatic rings. The predicted octanol–water partition coefficient (Wildman–Crippen LogP) is 2.81. The first-order chi connectivity index (χ1) is 8.19. The number of esters is 1. The Kier molecular flexibility index (Phi) is 2.80. The molecule has 0 aromatic heterocycles. The molecule has 0 saturated carbocycles. The molecule has 2 aromatic carbocycles. The number of hydrogen-bond donors (Lipinski definition) is 0. The number of carbonyl (C=O) groups excluding carboxylic acids is 1. The number of hydrogen-bond acceptors (Lipinski definition) is 3. The minimum atomic E-state index is -0.419. The Bertz CT molecular complexity index is 638. The second-order valence-electron chi connectivity index (χ2n) is 3.76. The van der Waals surface area contributed by atoms with Crippen molar-refractivity contribution in [2.45, 2.75) is 6.92 Å². The number of ether oxygens (including phenoxy) is 1. The number of nitrogens with zero attached hydrogens (tertiary/aromatic N) is 1. The van der Waals surface area contributed by atoms with E-state index in [0.717, 1.165) is 10.9 Å². The molecule has 0 aliphatic heterocycles. The number of benzene rings is 2. The largest absolute Gasteiger partial charge is 0.465 e. The summed E-state index contributed by atoms with van der Waals surface area (Å²) >= 11 is 0. The highest BCUT2D eigenvalue weighted by Gasteiger charge is 2.14. The van der Waals surface area contributed by atoms with Gasteiger partial charge in [0.2, 0.25) is 0 Å². The second-order valence-corrected chi connectivity index (χ2v) is 3.76. The minimum Gasteiger partial charge on any atom is -0.465 e. The van der Waals surface area contributed by atoms with Crippen LogP contribution in [0.15, 0.2) is 30.3 Å². The van der Waals surface area contributed by atoms with Gasteiger partial charge in [-0.25, -0.2) is 4.79 Å². The lowest BCUT2D eigenvalue weighted by atomic mass is 9.96. The van der Waals surface area contributed by atoms with Crippen molar-refractivity contribution in [1.29, 1.82) is 5.26 Å². The van der Waals surface area contributed by atoms with Crippen molar-refractivity contribution in [1.82, 2.24) is 0 Å². The summed E-state index contributed by atoms with van der Waals surface area (Å²) in [4.78, 5) is 11.7. The number of fused-ring (bicyclic) bond motifs is 1. The zero-order valence-corrected chi connectivity index (χ0v) is 9.65. The molecule has 0 spiro atoms. The van der Waals surface area contributed by atoms with Gasteiger partial charge in [0.15, 0.2) is 0 Å². The molecule has 0 saturated heterocycles. The Morgan fingerprint density at radius 1 is 1.29 bits per heavy atom. The van der Waals surface area contributed by atoms with Crippen molar-refractivity contribution < 1.29 is 9.53 Å². The van der Waals surface area contributed by atoms with Gasteiger partial charge in [-0.1, -0.05) is 18.2 Å². The number of nitriles is 1. The molecular weight excluding hydrogens is 214 g/mol. The van der Waals surface area contributed by atoms with Gasteiger partial charge in [0.05, 0.1) is 24.3 Å². The number of carbonyl (C=O) groups is 1. The van der Waals surface area contributed by atoms with E-state index in [1.807, 2.05) is 19.1 Å². The summed E-state index contributed by atoms with van der Waals surface area (Å²) in [6.07, 6.45) is 0. The van der Waals surface area contributed by atoms with Gasteiger partial charge in [-0.3, -0.25) is 0 Å². The van der Waals surface area contributed by atoms with E-state index in [2.05, 4.69) is 6.07 Å². The third-order valence-electron chi connectivity index (χ3n) is 2.78. The summed E-state index contributed by atoms with van der Waals surface area (Å²) in [5.41, 5.74) is 1.96. The highest BCUT2D eigenvalue weighted by atomic mass is 16.5. The lowest BCUT2D eigenvalue weighted by molar-refractivity contribution is 0.0603. The molecule has 0 N–H and O–H groups in total. The van der Waals surface area contributed by atoms with Crippen molar-refractivity contribution in [2.24, 2.45) is 0 Å². The van der Waals surface area contributed by atoms with E-state index in [9.17, 15) is 4.79 Å². The van der Waals surface area contributed by atoms with Crippen LogP contribution in [0.25, 0.3) is 10.8 Å². The molecule has 0 fully saturated rings. The third kappa shape index (κ3) is 1.74. The summed E-state index contributed by atoms with van der Waals surface area (Å²) in [6.45, 7) is 1.95. The van der Waals surface area contributed by atoms with Gasteiger partial charge in [0.1, 0.15) is 0 Å². The maximum atomic E-state index is 11.7. The fraction of sp³-hybridized carbons (Fsp3) is 0.143. The SMILES string of the molecule is COC(=O)c1cccc2c(C)ccc(C#N)c12. The third-order valence-corrected chi connectivity index (χ3v) is 2.78. The standard InChI is InChI=1S/C14H11NO2/c1-9-6-7-10(8-15)13-11(9)4-3-5-12(13)14(16)17-2/h3-7H,1-2H3. The Hall–Kier alpha value is -2.34. The molecule has 0 unspecified atom stereocenters. The van der Waals surface area contributed by atoms with E-state index in [0.29, 0.717) is 16.5 Å². The molecule has 0 bridgehead atoms. The quantitative estimate of drug-likeness (QED) is 0.701. The first-order valence-electron chi connectivity index (χ1n) is 5.19. The predicted molar refractivity (Wildman–Crippen MR) is 64.7 cm³/mol. The van der Waals surface area contributed by atoms with Crippen LogP contribution in [0.2, 0.25) is 0 Å². The molecule has 0 radical (unpaired) electrons. The van der Waals surface area contributed by atoms with E-state index < -0.39 is 5.97 Å². The summed E-state index contributed by atoms with van der Waals surface area (Å²) < 4.78 is 4.74. The molecular formula is C14H11NO2. The summed E-state index contributed by atoms with van der Waals surface area (Å²) in [5, 5.41) is 10.7. The molecule has 0 atom stereocenters. The summed E-state index contributed by atoms with van der Waals surface area (Å²) in [5.74, 6) is -0.419. The molecule has 0 amide bonds. The van der Waals surface area contributed by atoms with Crippen molar-refractivity contribution in [3.8, 4) is 6.07 Å². The normalized spacial score (nSPS) is 9.94. The topological polar surface area (TPSA) is 50.1 Å². The Balaban J connectivity index is 2.92. The Morgan fingerprint density at radius 3 is 2.71 bits per heavy atom. The molecule has 0 heterocycles. The van der Waals surface area contributed by atoms with Gasteiger partial charge in [-0.2, -0.15) is 5.26 Å². The first kappa shape index (κ1) is 11.2. The molecule has 17 heavy (non-hydrogen) atoms. The maximum Gasteiger partial charge on any atom is 0.338 e. The average molecular weight is 225 g/mol. The van der Waals surface area contributed by atoms with Crippen LogP contribution in [0.4, 0.5) is 0 Å². The monoisotopic (exact) mass is 225 g/mol. The molecule has 3 heteroatoms. The highest BCUT2D eigenvalue weighted by molar-refractivity contribution is 6.07. The second kappa shape index (κ2) is 4.26. The van der Waals surface area contributed by atoms with Crippen LogP contribution < -0.4 is 0 Å². The minimum absolute atomic E-state index is 0.419. The van der Waals surface area contributed by atoms with Gasteiger partial charge >= 0.3 is 5.97 Å². The fourth-order valence-electron chi connectivity index (χ4n) is 1.93. The van der Waals surface area contributed by atoms with Crippen molar-refractivity contribution in [2.75, 3.05) is 7.11 Å². The van der Waals surface area contributed by atoms with Crippen LogP contribution >= 0.6 is 0 Å². The molecule has 84 valence electrons. The smallest absolute Gasteiger partial charge is 0.338 e. The maximum absolute atomic E-state index is 11.7. The summed E-state index contributed by atoms with van der Waals surface area (Å²) in [6, 6.07) is 11.1. The fourth-order valence-corrected chi connectivity index (χ4v) is 1.93.